The number of nitrogens with one attached hydrogen (secondary N) is 1. The van der Waals surface area contributed by atoms with Crippen LogP contribution in [-0.2, 0) is 22.6 Å². The zero-order valence-corrected chi connectivity index (χ0v) is 16.8. The van der Waals surface area contributed by atoms with Crippen molar-refractivity contribution >= 4 is 39.3 Å². The van der Waals surface area contributed by atoms with Gasteiger partial charge >= 0.3 is 0 Å². The minimum Gasteiger partial charge on any atom is -0.357 e. The molecule has 0 saturated carbocycles. The average molecular weight is 442 g/mol. The standard InChI is InChI=1S/C19H19BrClFN2O2/c1-12(19(26)23-2)24(11-13-5-3-6-14(20)9-13)18(25)10-15-16(21)7-4-8-17(15)22/h3-9,12H,10-11H2,1-2H3,(H,23,26)/t12-/m1/s1. The van der Waals surface area contributed by atoms with Crippen molar-refractivity contribution in [2.24, 2.45) is 0 Å². The summed E-state index contributed by atoms with van der Waals surface area (Å²) >= 11 is 9.42. The van der Waals surface area contributed by atoms with E-state index in [-0.39, 0.29) is 35.4 Å². The second-order valence-corrected chi connectivity index (χ2v) is 7.14. The highest BCUT2D eigenvalue weighted by molar-refractivity contribution is 9.10. The highest BCUT2D eigenvalue weighted by Crippen LogP contribution is 2.22. The number of nitrogens with zero attached hydrogens (tertiary/aromatic N) is 1. The van der Waals surface area contributed by atoms with E-state index >= 15 is 0 Å². The van der Waals surface area contributed by atoms with E-state index < -0.39 is 11.9 Å². The Morgan fingerprint density at radius 2 is 1.96 bits per heavy atom. The lowest BCUT2D eigenvalue weighted by atomic mass is 10.1. The monoisotopic (exact) mass is 440 g/mol. The maximum Gasteiger partial charge on any atom is 0.242 e. The number of hydrogen-bond acceptors (Lipinski definition) is 2. The van der Waals surface area contributed by atoms with Crippen molar-refractivity contribution in [3.8, 4) is 0 Å². The van der Waals surface area contributed by atoms with Gasteiger partial charge in [-0.2, -0.15) is 0 Å². The number of halogens is 3. The van der Waals surface area contributed by atoms with Gasteiger partial charge in [0.15, 0.2) is 0 Å². The van der Waals surface area contributed by atoms with Crippen LogP contribution in [-0.4, -0.2) is 29.8 Å². The Bertz CT molecular complexity index is 796. The Kier molecular flexibility index (Phi) is 7.17. The van der Waals surface area contributed by atoms with Crippen molar-refractivity contribution in [1.29, 1.82) is 0 Å². The van der Waals surface area contributed by atoms with Crippen LogP contribution in [0.5, 0.6) is 0 Å². The molecule has 0 aliphatic rings. The van der Waals surface area contributed by atoms with Crippen LogP contribution in [0.2, 0.25) is 5.02 Å². The Hall–Kier alpha value is -1.92. The van der Waals surface area contributed by atoms with Crippen molar-refractivity contribution in [1.82, 2.24) is 10.2 Å². The highest BCUT2D eigenvalue weighted by Gasteiger charge is 2.26. The molecule has 2 rings (SSSR count). The summed E-state index contributed by atoms with van der Waals surface area (Å²) in [6, 6.07) is 11.0. The summed E-state index contributed by atoms with van der Waals surface area (Å²) in [5.41, 5.74) is 0.977. The molecule has 7 heteroatoms. The SMILES string of the molecule is CNC(=O)[C@@H](C)N(Cc1cccc(Br)c1)C(=O)Cc1c(F)cccc1Cl. The van der Waals surface area contributed by atoms with Crippen LogP contribution < -0.4 is 5.32 Å². The number of carbonyl (C=O) groups is 2. The summed E-state index contributed by atoms with van der Waals surface area (Å²) in [4.78, 5) is 26.4. The minimum absolute atomic E-state index is 0.127. The minimum atomic E-state index is -0.711. The number of rotatable bonds is 6. The van der Waals surface area contributed by atoms with Gasteiger partial charge in [-0.25, -0.2) is 4.39 Å². The first-order valence-electron chi connectivity index (χ1n) is 8.02. The van der Waals surface area contributed by atoms with Gasteiger partial charge in [-0.1, -0.05) is 45.7 Å². The Morgan fingerprint density at radius 3 is 2.58 bits per heavy atom. The lowest BCUT2D eigenvalue weighted by molar-refractivity contribution is -0.139. The van der Waals surface area contributed by atoms with E-state index in [1.165, 1.54) is 30.1 Å². The molecule has 0 aliphatic heterocycles. The molecule has 2 amide bonds. The zero-order valence-electron chi connectivity index (χ0n) is 14.4. The third-order valence-corrected chi connectivity index (χ3v) is 4.89. The molecule has 138 valence electrons. The molecule has 0 heterocycles. The number of carbonyl (C=O) groups excluding carboxylic acids is 2. The van der Waals surface area contributed by atoms with E-state index in [1.54, 1.807) is 6.92 Å². The van der Waals surface area contributed by atoms with Crippen LogP contribution in [0.3, 0.4) is 0 Å². The molecule has 26 heavy (non-hydrogen) atoms. The fraction of sp³-hybridized carbons (Fsp3) is 0.263. The smallest absolute Gasteiger partial charge is 0.242 e. The Labute approximate surface area is 165 Å². The largest absolute Gasteiger partial charge is 0.357 e. The quantitative estimate of drug-likeness (QED) is 0.738. The van der Waals surface area contributed by atoms with Crippen LogP contribution >= 0.6 is 27.5 Å². The Balaban J connectivity index is 2.30. The summed E-state index contributed by atoms with van der Waals surface area (Å²) in [5, 5.41) is 2.73. The van der Waals surface area contributed by atoms with Crippen molar-refractivity contribution < 1.29 is 14.0 Å². The Morgan fingerprint density at radius 1 is 1.27 bits per heavy atom. The third kappa shape index (κ3) is 5.05. The molecule has 0 aromatic heterocycles. The molecule has 0 fully saturated rings. The number of amides is 2. The molecule has 1 N–H and O–H groups in total. The van der Waals surface area contributed by atoms with Gasteiger partial charge in [0.05, 0.1) is 6.42 Å². The first kappa shape index (κ1) is 20.4. The van der Waals surface area contributed by atoms with Gasteiger partial charge in [-0.05, 0) is 36.8 Å². The second-order valence-electron chi connectivity index (χ2n) is 5.82. The lowest BCUT2D eigenvalue weighted by Crippen LogP contribution is -2.47. The van der Waals surface area contributed by atoms with E-state index in [9.17, 15) is 14.0 Å². The fourth-order valence-corrected chi connectivity index (χ4v) is 3.25. The van der Waals surface area contributed by atoms with Gasteiger partial charge in [0.2, 0.25) is 11.8 Å². The third-order valence-electron chi connectivity index (χ3n) is 4.05. The summed E-state index contributed by atoms with van der Waals surface area (Å²) in [6.45, 7) is 1.86. The maximum atomic E-state index is 14.0. The van der Waals surface area contributed by atoms with Crippen molar-refractivity contribution in [3.05, 3.63) is 68.9 Å². The van der Waals surface area contributed by atoms with E-state index in [0.717, 1.165) is 10.0 Å². The summed E-state index contributed by atoms with van der Waals surface area (Å²) in [5.74, 6) is -1.22. The molecular weight excluding hydrogens is 423 g/mol. The predicted molar refractivity (Wildman–Crippen MR) is 103 cm³/mol. The normalized spacial score (nSPS) is 11.7. The summed E-state index contributed by atoms with van der Waals surface area (Å²) < 4.78 is 14.9. The first-order chi connectivity index (χ1) is 12.3. The lowest BCUT2D eigenvalue weighted by Gasteiger charge is -2.28. The van der Waals surface area contributed by atoms with Gasteiger partial charge in [0, 0.05) is 28.7 Å². The molecule has 2 aromatic rings. The van der Waals surface area contributed by atoms with Crippen LogP contribution in [0.4, 0.5) is 4.39 Å². The van der Waals surface area contributed by atoms with Crippen LogP contribution in [0.1, 0.15) is 18.1 Å². The molecular formula is C19H19BrClFN2O2. The first-order valence-corrected chi connectivity index (χ1v) is 9.19. The van der Waals surface area contributed by atoms with Gasteiger partial charge in [-0.3, -0.25) is 9.59 Å². The van der Waals surface area contributed by atoms with Gasteiger partial charge in [0.1, 0.15) is 11.9 Å². The van der Waals surface area contributed by atoms with Crippen LogP contribution in [0.15, 0.2) is 46.9 Å². The van der Waals surface area contributed by atoms with Crippen molar-refractivity contribution in [2.45, 2.75) is 25.9 Å². The van der Waals surface area contributed by atoms with E-state index in [2.05, 4.69) is 21.2 Å². The van der Waals surface area contributed by atoms with Gasteiger partial charge in [0.25, 0.3) is 0 Å². The second kappa shape index (κ2) is 9.14. The van der Waals surface area contributed by atoms with Crippen molar-refractivity contribution in [2.75, 3.05) is 7.05 Å². The molecule has 1 atom stereocenters. The van der Waals surface area contributed by atoms with E-state index in [0.29, 0.717) is 0 Å². The molecule has 0 unspecified atom stereocenters. The molecule has 0 spiro atoms. The van der Waals surface area contributed by atoms with Crippen molar-refractivity contribution in [3.63, 3.8) is 0 Å². The van der Waals surface area contributed by atoms with E-state index in [4.69, 9.17) is 11.6 Å². The molecule has 2 aromatic carbocycles. The fourth-order valence-electron chi connectivity index (χ4n) is 2.58. The summed E-state index contributed by atoms with van der Waals surface area (Å²) in [6.07, 6.45) is -0.221. The molecule has 0 bridgehead atoms. The van der Waals surface area contributed by atoms with Crippen LogP contribution in [0.25, 0.3) is 0 Å². The van der Waals surface area contributed by atoms with E-state index in [1.807, 2.05) is 24.3 Å². The van der Waals surface area contributed by atoms with Crippen LogP contribution in [0, 0.1) is 5.82 Å². The number of likely N-dealkylation sites (N-methyl/N-ethyl adjacent to an activating group) is 1. The molecule has 0 radical (unpaired) electrons. The zero-order chi connectivity index (χ0) is 19.3. The molecule has 4 nitrogen and oxygen atoms in total. The number of benzene rings is 2. The molecule has 0 saturated heterocycles. The molecule has 0 aliphatic carbocycles. The highest BCUT2D eigenvalue weighted by atomic mass is 79.9. The van der Waals surface area contributed by atoms with Gasteiger partial charge in [-0.15, -0.1) is 0 Å². The maximum absolute atomic E-state index is 14.0. The average Bonchev–Trinajstić information content (AvgIpc) is 2.61. The van der Waals surface area contributed by atoms with Gasteiger partial charge < -0.3 is 10.2 Å². The number of hydrogen-bond donors (Lipinski definition) is 1. The topological polar surface area (TPSA) is 49.4 Å². The summed E-state index contributed by atoms with van der Waals surface area (Å²) in [7, 11) is 1.51. The predicted octanol–water partition coefficient (Wildman–Crippen LogP) is 3.95.